The number of amides is 1. The molecule has 1 unspecified atom stereocenters. The Labute approximate surface area is 154 Å². The van der Waals surface area contributed by atoms with Crippen molar-refractivity contribution in [2.24, 2.45) is 0 Å². The number of halogens is 1. The number of methoxy groups -OCH3 is 1. The molecule has 0 aliphatic rings. The summed E-state index contributed by atoms with van der Waals surface area (Å²) in [6.07, 6.45) is 2.74. The summed E-state index contributed by atoms with van der Waals surface area (Å²) in [7, 11) is 1.29. The van der Waals surface area contributed by atoms with Crippen molar-refractivity contribution >= 4 is 23.6 Å². The summed E-state index contributed by atoms with van der Waals surface area (Å²) in [6, 6.07) is 5.03. The summed E-state index contributed by atoms with van der Waals surface area (Å²) in [5, 5.41) is 6.48. The number of aryl methyl sites for hydroxylation is 1. The fourth-order valence-electron chi connectivity index (χ4n) is 2.19. The third kappa shape index (κ3) is 5.83. The zero-order valence-electron chi connectivity index (χ0n) is 14.5. The molecule has 2 aromatic rings. The van der Waals surface area contributed by atoms with Crippen molar-refractivity contribution in [3.8, 4) is 11.4 Å². The molecule has 2 rings (SSSR count). The maximum absolute atomic E-state index is 12.9. The van der Waals surface area contributed by atoms with Crippen LogP contribution >= 0.6 is 11.8 Å². The SMILES string of the molecule is COC(=O)C(CCSC)NC(=O)CCc1nc(-c2ccc(F)cc2)no1. The van der Waals surface area contributed by atoms with Crippen LogP contribution in [0.15, 0.2) is 28.8 Å². The number of esters is 1. The summed E-state index contributed by atoms with van der Waals surface area (Å²) in [6.45, 7) is 0. The Balaban J connectivity index is 1.88. The summed E-state index contributed by atoms with van der Waals surface area (Å²) in [4.78, 5) is 28.0. The quantitative estimate of drug-likeness (QED) is 0.666. The minimum absolute atomic E-state index is 0.0951. The van der Waals surface area contributed by atoms with Gasteiger partial charge in [0.2, 0.25) is 17.6 Å². The van der Waals surface area contributed by atoms with Gasteiger partial charge in [0.15, 0.2) is 0 Å². The van der Waals surface area contributed by atoms with Crippen LogP contribution in [-0.2, 0) is 20.7 Å². The van der Waals surface area contributed by atoms with Gasteiger partial charge in [-0.05, 0) is 42.7 Å². The summed E-state index contributed by atoms with van der Waals surface area (Å²) >= 11 is 1.58. The smallest absolute Gasteiger partial charge is 0.328 e. The topological polar surface area (TPSA) is 94.3 Å². The third-order valence-electron chi connectivity index (χ3n) is 3.57. The Morgan fingerprint density at radius 2 is 2.08 bits per heavy atom. The number of rotatable bonds is 9. The fourth-order valence-corrected chi connectivity index (χ4v) is 2.66. The normalized spacial score (nSPS) is 11.8. The van der Waals surface area contributed by atoms with Gasteiger partial charge in [0.1, 0.15) is 11.9 Å². The maximum atomic E-state index is 12.9. The molecule has 0 aliphatic heterocycles. The Bertz CT molecular complexity index is 736. The minimum atomic E-state index is -0.669. The van der Waals surface area contributed by atoms with E-state index in [1.165, 1.54) is 19.2 Å². The van der Waals surface area contributed by atoms with Gasteiger partial charge in [0.05, 0.1) is 7.11 Å². The van der Waals surface area contributed by atoms with Crippen LogP contribution < -0.4 is 5.32 Å². The highest BCUT2D eigenvalue weighted by atomic mass is 32.2. The molecule has 1 heterocycles. The Morgan fingerprint density at radius 3 is 2.73 bits per heavy atom. The zero-order chi connectivity index (χ0) is 18.9. The van der Waals surface area contributed by atoms with Crippen LogP contribution in [0.25, 0.3) is 11.4 Å². The van der Waals surface area contributed by atoms with Crippen molar-refractivity contribution in [2.45, 2.75) is 25.3 Å². The van der Waals surface area contributed by atoms with Gasteiger partial charge in [-0.1, -0.05) is 5.16 Å². The molecule has 0 radical (unpaired) electrons. The van der Waals surface area contributed by atoms with Gasteiger partial charge < -0.3 is 14.6 Å². The molecule has 26 heavy (non-hydrogen) atoms. The van der Waals surface area contributed by atoms with Gasteiger partial charge in [0.25, 0.3) is 0 Å². The van der Waals surface area contributed by atoms with Crippen LogP contribution in [-0.4, -0.2) is 47.2 Å². The zero-order valence-corrected chi connectivity index (χ0v) is 15.3. The van der Waals surface area contributed by atoms with Crippen LogP contribution in [0.5, 0.6) is 0 Å². The molecule has 1 aromatic carbocycles. The van der Waals surface area contributed by atoms with E-state index in [0.717, 1.165) is 5.75 Å². The van der Waals surface area contributed by atoms with Crippen LogP contribution in [0.1, 0.15) is 18.7 Å². The molecule has 1 atom stereocenters. The van der Waals surface area contributed by atoms with Gasteiger partial charge >= 0.3 is 5.97 Å². The second-order valence-electron chi connectivity index (χ2n) is 5.44. The number of benzene rings is 1. The Kier molecular flexibility index (Phi) is 7.58. The molecule has 1 amide bonds. The highest BCUT2D eigenvalue weighted by Crippen LogP contribution is 2.16. The molecule has 0 saturated carbocycles. The van der Waals surface area contributed by atoms with E-state index in [9.17, 15) is 14.0 Å². The van der Waals surface area contributed by atoms with Gasteiger partial charge in [-0.25, -0.2) is 9.18 Å². The first-order valence-electron chi connectivity index (χ1n) is 7.98. The molecule has 1 aromatic heterocycles. The number of nitrogens with zero attached hydrogens (tertiary/aromatic N) is 2. The van der Waals surface area contributed by atoms with E-state index in [1.54, 1.807) is 23.9 Å². The average Bonchev–Trinajstić information content (AvgIpc) is 3.12. The lowest BCUT2D eigenvalue weighted by Crippen LogP contribution is -2.42. The molecule has 140 valence electrons. The van der Waals surface area contributed by atoms with Gasteiger partial charge in [-0.15, -0.1) is 0 Å². The lowest BCUT2D eigenvalue weighted by Gasteiger charge is -2.15. The van der Waals surface area contributed by atoms with E-state index in [1.807, 2.05) is 6.26 Å². The highest BCUT2D eigenvalue weighted by Gasteiger charge is 2.21. The van der Waals surface area contributed by atoms with E-state index >= 15 is 0 Å². The van der Waals surface area contributed by atoms with E-state index in [0.29, 0.717) is 23.7 Å². The van der Waals surface area contributed by atoms with Gasteiger partial charge in [-0.2, -0.15) is 16.7 Å². The number of nitrogens with one attached hydrogen (secondary N) is 1. The van der Waals surface area contributed by atoms with Crippen LogP contribution in [0.3, 0.4) is 0 Å². The molecule has 0 fully saturated rings. The number of aromatic nitrogens is 2. The van der Waals surface area contributed by atoms with Crippen LogP contribution in [0.2, 0.25) is 0 Å². The van der Waals surface area contributed by atoms with Crippen molar-refractivity contribution in [2.75, 3.05) is 19.1 Å². The fraction of sp³-hybridized carbons (Fsp3) is 0.412. The second-order valence-corrected chi connectivity index (χ2v) is 6.43. The molecule has 0 saturated heterocycles. The molecule has 7 nitrogen and oxygen atoms in total. The first-order chi connectivity index (χ1) is 12.5. The first-order valence-corrected chi connectivity index (χ1v) is 9.37. The minimum Gasteiger partial charge on any atom is -0.467 e. The Morgan fingerprint density at radius 1 is 1.35 bits per heavy atom. The average molecular weight is 381 g/mol. The van der Waals surface area contributed by atoms with E-state index in [-0.39, 0.29) is 24.6 Å². The Hall–Kier alpha value is -2.42. The molecule has 9 heteroatoms. The third-order valence-corrected chi connectivity index (χ3v) is 4.21. The largest absolute Gasteiger partial charge is 0.467 e. The van der Waals surface area contributed by atoms with Crippen molar-refractivity contribution in [3.63, 3.8) is 0 Å². The van der Waals surface area contributed by atoms with Crippen molar-refractivity contribution in [3.05, 3.63) is 36.0 Å². The van der Waals surface area contributed by atoms with Gasteiger partial charge in [0, 0.05) is 18.4 Å². The predicted molar refractivity (Wildman–Crippen MR) is 95.0 cm³/mol. The summed E-state index contributed by atoms with van der Waals surface area (Å²) in [5.74, 6) is 0.221. The number of hydrogen-bond acceptors (Lipinski definition) is 7. The summed E-state index contributed by atoms with van der Waals surface area (Å²) < 4.78 is 22.8. The number of ether oxygens (including phenoxy) is 1. The molecule has 0 aliphatic carbocycles. The standard InChI is InChI=1S/C17H20FN3O4S/c1-24-17(23)13(9-10-26-2)19-14(22)7-8-15-20-16(21-25-15)11-3-5-12(18)6-4-11/h3-6,13H,7-10H2,1-2H3,(H,19,22). The van der Waals surface area contributed by atoms with Crippen LogP contribution in [0.4, 0.5) is 4.39 Å². The van der Waals surface area contributed by atoms with Crippen molar-refractivity contribution in [1.82, 2.24) is 15.5 Å². The van der Waals surface area contributed by atoms with Crippen molar-refractivity contribution in [1.29, 1.82) is 0 Å². The molecule has 0 spiro atoms. The molecular weight excluding hydrogens is 361 g/mol. The number of hydrogen-bond donors (Lipinski definition) is 1. The molecule has 1 N–H and O–H groups in total. The number of thioether (sulfide) groups is 1. The number of carbonyl (C=O) groups is 2. The molecular formula is C17H20FN3O4S. The molecule has 0 bridgehead atoms. The number of carbonyl (C=O) groups excluding carboxylic acids is 2. The first kappa shape index (κ1) is 19.9. The summed E-state index contributed by atoms with van der Waals surface area (Å²) in [5.41, 5.74) is 0.619. The highest BCUT2D eigenvalue weighted by molar-refractivity contribution is 7.98. The monoisotopic (exact) mass is 381 g/mol. The predicted octanol–water partition coefficient (Wildman–Crippen LogP) is 2.22. The van der Waals surface area contributed by atoms with Gasteiger partial charge in [-0.3, -0.25) is 4.79 Å². The van der Waals surface area contributed by atoms with Crippen LogP contribution in [0, 0.1) is 5.82 Å². The van der Waals surface area contributed by atoms with Crippen molar-refractivity contribution < 1.29 is 23.2 Å². The maximum Gasteiger partial charge on any atom is 0.328 e. The van der Waals surface area contributed by atoms with E-state index in [2.05, 4.69) is 15.5 Å². The lowest BCUT2D eigenvalue weighted by atomic mass is 10.2. The second kappa shape index (κ2) is 9.91. The van der Waals surface area contributed by atoms with E-state index in [4.69, 9.17) is 9.26 Å². The lowest BCUT2D eigenvalue weighted by molar-refractivity contribution is -0.145. The van der Waals surface area contributed by atoms with E-state index < -0.39 is 12.0 Å².